The van der Waals surface area contributed by atoms with Crippen molar-refractivity contribution >= 4 is 29.1 Å². The molecule has 1 aliphatic rings. The van der Waals surface area contributed by atoms with Gasteiger partial charge in [0.1, 0.15) is 34.6 Å². The van der Waals surface area contributed by atoms with Gasteiger partial charge in [-0.15, -0.1) is 15.3 Å². The molecule has 3 heterocycles. The Morgan fingerprint density at radius 1 is 0.860 bits per heavy atom. The zero-order chi connectivity index (χ0) is 35.6. The number of ether oxygens (including phenoxy) is 3. The lowest BCUT2D eigenvalue weighted by molar-refractivity contribution is 0.0712. The van der Waals surface area contributed by atoms with Crippen LogP contribution in [-0.4, -0.2) is 58.5 Å². The molecule has 260 valence electrons. The monoisotopic (exact) mass is 699 g/mol. The van der Waals surface area contributed by atoms with E-state index in [1.165, 1.54) is 12.1 Å². The third-order valence-electron chi connectivity index (χ3n) is 8.29. The standard InChI is InChI=1S/C23H23FN4O2.C14H16ClN3O2/c1-15-14-21(26-27-22(15)25)16-10-12-28(13-11-16)23(29)17-2-6-19(7-3-17)30-20-8-4-18(24)5-9-20;1-9-6-13(15)17-18-14(9)16-8-10-4-5-11(19-2)7-12(10)20-3/h2-9,14,16H,10-13H2,1H3,(H2,25,27);4-7H,8H2,1-3H3,(H,16,18). The summed E-state index contributed by atoms with van der Waals surface area (Å²) < 4.78 is 29.2. The number of nitrogen functional groups attached to an aromatic ring is 1. The number of hydrogen-bond acceptors (Lipinski definition) is 10. The summed E-state index contributed by atoms with van der Waals surface area (Å²) in [5.41, 5.74) is 10.2. The minimum atomic E-state index is -0.314. The molecule has 3 N–H and O–H groups in total. The van der Waals surface area contributed by atoms with Gasteiger partial charge < -0.3 is 30.2 Å². The third-order valence-corrected chi connectivity index (χ3v) is 8.47. The Labute approximate surface area is 295 Å². The molecule has 0 spiro atoms. The van der Waals surface area contributed by atoms with Crippen molar-refractivity contribution in [1.29, 1.82) is 0 Å². The number of aromatic nitrogens is 4. The molecule has 0 saturated carbocycles. The fourth-order valence-electron chi connectivity index (χ4n) is 5.38. The average Bonchev–Trinajstić information content (AvgIpc) is 3.13. The fourth-order valence-corrected chi connectivity index (χ4v) is 5.59. The lowest BCUT2D eigenvalue weighted by Crippen LogP contribution is -2.38. The number of aryl methyl sites for hydroxylation is 2. The molecule has 1 saturated heterocycles. The second-order valence-corrected chi connectivity index (χ2v) is 12.1. The molecule has 0 atom stereocenters. The van der Waals surface area contributed by atoms with Crippen molar-refractivity contribution in [2.75, 3.05) is 38.4 Å². The highest BCUT2D eigenvalue weighted by Gasteiger charge is 2.26. The van der Waals surface area contributed by atoms with Crippen LogP contribution in [0.15, 0.2) is 78.9 Å². The molecule has 0 unspecified atom stereocenters. The molecule has 0 bridgehead atoms. The average molecular weight is 700 g/mol. The number of halogens is 2. The summed E-state index contributed by atoms with van der Waals surface area (Å²) in [7, 11) is 3.25. The van der Waals surface area contributed by atoms with Gasteiger partial charge in [-0.2, -0.15) is 5.10 Å². The predicted molar refractivity (Wildman–Crippen MR) is 191 cm³/mol. The highest BCUT2D eigenvalue weighted by molar-refractivity contribution is 6.29. The minimum absolute atomic E-state index is 0.00125. The summed E-state index contributed by atoms with van der Waals surface area (Å²) in [4.78, 5) is 14.7. The first-order valence-corrected chi connectivity index (χ1v) is 16.4. The number of benzene rings is 3. The van der Waals surface area contributed by atoms with Crippen molar-refractivity contribution in [2.24, 2.45) is 0 Å². The number of piperidine rings is 1. The van der Waals surface area contributed by atoms with E-state index in [1.807, 2.05) is 43.0 Å². The fraction of sp³-hybridized carbons (Fsp3) is 0.270. The van der Waals surface area contributed by atoms with Crippen molar-refractivity contribution in [2.45, 2.75) is 39.2 Å². The van der Waals surface area contributed by atoms with Gasteiger partial charge in [-0.25, -0.2) is 4.39 Å². The summed E-state index contributed by atoms with van der Waals surface area (Å²) in [6.45, 7) is 5.76. The molecule has 5 aromatic rings. The van der Waals surface area contributed by atoms with Gasteiger partial charge in [-0.3, -0.25) is 4.79 Å². The Hall–Kier alpha value is -5.49. The molecule has 2 aromatic heterocycles. The van der Waals surface area contributed by atoms with Gasteiger partial charge in [0, 0.05) is 42.7 Å². The van der Waals surface area contributed by atoms with Crippen molar-refractivity contribution in [1.82, 2.24) is 25.3 Å². The third kappa shape index (κ3) is 9.35. The van der Waals surface area contributed by atoms with Crippen molar-refractivity contribution in [3.05, 3.63) is 118 Å². The number of nitrogens with zero attached hydrogens (tertiary/aromatic N) is 5. The van der Waals surface area contributed by atoms with Crippen molar-refractivity contribution < 1.29 is 23.4 Å². The number of rotatable bonds is 9. The van der Waals surface area contributed by atoms with E-state index >= 15 is 0 Å². The number of nitrogens with one attached hydrogen (secondary N) is 1. The van der Waals surface area contributed by atoms with Gasteiger partial charge in [0.2, 0.25) is 0 Å². The van der Waals surface area contributed by atoms with Crippen LogP contribution in [0.4, 0.5) is 16.0 Å². The van der Waals surface area contributed by atoms with Crippen LogP contribution in [0.1, 0.15) is 51.5 Å². The van der Waals surface area contributed by atoms with Crippen LogP contribution in [0.2, 0.25) is 5.15 Å². The molecule has 13 heteroatoms. The molecule has 0 aliphatic carbocycles. The molecule has 0 radical (unpaired) electrons. The van der Waals surface area contributed by atoms with Crippen LogP contribution >= 0.6 is 11.6 Å². The van der Waals surface area contributed by atoms with Crippen LogP contribution in [0.3, 0.4) is 0 Å². The summed E-state index contributed by atoms with van der Waals surface area (Å²) >= 11 is 5.78. The van der Waals surface area contributed by atoms with E-state index in [0.717, 1.165) is 46.7 Å². The first kappa shape index (κ1) is 35.8. The number of nitrogens with two attached hydrogens (primary N) is 1. The Bertz CT molecular complexity index is 1900. The molecule has 50 heavy (non-hydrogen) atoms. The van der Waals surface area contributed by atoms with Crippen LogP contribution in [-0.2, 0) is 6.54 Å². The SMILES string of the molecule is COc1ccc(CNc2nnc(Cl)cc2C)c(OC)c1.Cc1cc(C2CCN(C(=O)c3ccc(Oc4ccc(F)cc4)cc3)CC2)nnc1N. The van der Waals surface area contributed by atoms with Gasteiger partial charge in [0.15, 0.2) is 11.0 Å². The molecule has 1 aliphatic heterocycles. The smallest absolute Gasteiger partial charge is 0.253 e. The van der Waals surface area contributed by atoms with Gasteiger partial charge in [-0.05, 0) is 111 Å². The summed E-state index contributed by atoms with van der Waals surface area (Å²) in [6.07, 6.45) is 1.69. The molecule has 1 fully saturated rings. The normalized spacial score (nSPS) is 12.8. The number of carbonyl (C=O) groups is 1. The van der Waals surface area contributed by atoms with E-state index in [-0.39, 0.29) is 17.6 Å². The maximum atomic E-state index is 13.0. The van der Waals surface area contributed by atoms with Gasteiger partial charge in [-0.1, -0.05) is 11.6 Å². The first-order chi connectivity index (χ1) is 24.1. The predicted octanol–water partition coefficient (Wildman–Crippen LogP) is 7.39. The van der Waals surface area contributed by atoms with Crippen LogP contribution in [0.25, 0.3) is 0 Å². The second kappa shape index (κ2) is 16.8. The van der Waals surface area contributed by atoms with E-state index < -0.39 is 0 Å². The van der Waals surface area contributed by atoms with Crippen molar-refractivity contribution in [3.8, 4) is 23.0 Å². The molecule has 1 amide bonds. The van der Waals surface area contributed by atoms with Crippen LogP contribution in [0.5, 0.6) is 23.0 Å². The minimum Gasteiger partial charge on any atom is -0.497 e. The van der Waals surface area contributed by atoms with E-state index in [2.05, 4.69) is 25.7 Å². The van der Waals surface area contributed by atoms with E-state index in [0.29, 0.717) is 53.5 Å². The topological polar surface area (TPSA) is 138 Å². The summed E-state index contributed by atoms with van der Waals surface area (Å²) in [5.74, 6) is 3.78. The van der Waals surface area contributed by atoms with Gasteiger partial charge >= 0.3 is 0 Å². The van der Waals surface area contributed by atoms with Crippen molar-refractivity contribution in [3.63, 3.8) is 0 Å². The summed E-state index contributed by atoms with van der Waals surface area (Å²) in [5, 5.41) is 19.7. The molecular formula is C37H39ClFN7O4. The maximum absolute atomic E-state index is 13.0. The number of methoxy groups -OCH3 is 2. The Morgan fingerprint density at radius 2 is 1.52 bits per heavy atom. The molecule has 6 rings (SSSR count). The van der Waals surface area contributed by atoms with Crippen LogP contribution < -0.4 is 25.3 Å². The first-order valence-electron chi connectivity index (χ1n) is 16.0. The quantitative estimate of drug-likeness (QED) is 0.160. The zero-order valence-electron chi connectivity index (χ0n) is 28.3. The lowest BCUT2D eigenvalue weighted by Gasteiger charge is -2.31. The maximum Gasteiger partial charge on any atom is 0.253 e. The largest absolute Gasteiger partial charge is 0.497 e. The Morgan fingerprint density at radius 3 is 2.14 bits per heavy atom. The highest BCUT2D eigenvalue weighted by atomic mass is 35.5. The Balaban J connectivity index is 0.000000211. The Kier molecular flexibility index (Phi) is 12.0. The van der Waals surface area contributed by atoms with E-state index in [9.17, 15) is 9.18 Å². The number of carbonyl (C=O) groups excluding carboxylic acids is 1. The highest BCUT2D eigenvalue weighted by Crippen LogP contribution is 2.29. The molecular weight excluding hydrogens is 661 g/mol. The lowest BCUT2D eigenvalue weighted by atomic mass is 9.92. The summed E-state index contributed by atoms with van der Waals surface area (Å²) in [6, 6.07) is 22.2. The molecule has 11 nitrogen and oxygen atoms in total. The molecule has 3 aromatic carbocycles. The van der Waals surface area contributed by atoms with Crippen LogP contribution in [0, 0.1) is 19.7 Å². The second-order valence-electron chi connectivity index (χ2n) is 11.7. The van der Waals surface area contributed by atoms with E-state index in [4.69, 9.17) is 31.5 Å². The number of amides is 1. The van der Waals surface area contributed by atoms with E-state index in [1.54, 1.807) is 56.7 Å². The van der Waals surface area contributed by atoms with Gasteiger partial charge in [0.05, 0.1) is 19.9 Å². The number of anilines is 2. The number of hydrogen-bond donors (Lipinski definition) is 2. The zero-order valence-corrected chi connectivity index (χ0v) is 29.1. The number of likely N-dealkylation sites (tertiary alicyclic amines) is 1. The van der Waals surface area contributed by atoms with Gasteiger partial charge in [0.25, 0.3) is 5.91 Å².